The Kier molecular flexibility index (Phi) is 9.04. The average Bonchev–Trinajstić information content (AvgIpc) is 2.81. The molecule has 0 saturated carbocycles. The summed E-state index contributed by atoms with van der Waals surface area (Å²) in [7, 11) is 1.69. The van der Waals surface area contributed by atoms with Crippen molar-refractivity contribution in [3.05, 3.63) is 71.0 Å². The van der Waals surface area contributed by atoms with E-state index in [9.17, 15) is 9.18 Å². The van der Waals surface area contributed by atoms with Crippen molar-refractivity contribution in [3.8, 4) is 0 Å². The third kappa shape index (κ3) is 7.64. The van der Waals surface area contributed by atoms with Crippen LogP contribution in [0.25, 0.3) is 0 Å². The summed E-state index contributed by atoms with van der Waals surface area (Å²) in [6.07, 6.45) is 4.39. The lowest BCUT2D eigenvalue weighted by Crippen LogP contribution is -2.42. The molecule has 1 saturated heterocycles. The van der Waals surface area contributed by atoms with Gasteiger partial charge in [0.25, 0.3) is 0 Å². The van der Waals surface area contributed by atoms with Crippen LogP contribution < -0.4 is 16.4 Å². The van der Waals surface area contributed by atoms with Crippen molar-refractivity contribution in [1.29, 1.82) is 0 Å². The molecule has 3 rings (SSSR count). The van der Waals surface area contributed by atoms with Gasteiger partial charge in [-0.3, -0.25) is 14.7 Å². The maximum Gasteiger partial charge on any atom is 0.222 e. The Hall–Kier alpha value is -2.93. The van der Waals surface area contributed by atoms with Gasteiger partial charge >= 0.3 is 0 Å². The number of primary amides is 1. The normalized spacial score (nSPS) is 15.9. The van der Waals surface area contributed by atoms with Crippen LogP contribution in [0.3, 0.4) is 0 Å². The van der Waals surface area contributed by atoms with Crippen molar-refractivity contribution in [1.82, 2.24) is 15.5 Å². The highest BCUT2D eigenvalue weighted by Crippen LogP contribution is 2.14. The van der Waals surface area contributed by atoms with Crippen molar-refractivity contribution >= 4 is 11.9 Å². The van der Waals surface area contributed by atoms with Crippen LogP contribution in [-0.2, 0) is 24.3 Å². The second-order valence-corrected chi connectivity index (χ2v) is 8.39. The fourth-order valence-electron chi connectivity index (χ4n) is 3.94. The molecule has 1 aliphatic rings. The predicted molar refractivity (Wildman–Crippen MR) is 127 cm³/mol. The van der Waals surface area contributed by atoms with Crippen molar-refractivity contribution in [2.45, 2.75) is 38.8 Å². The van der Waals surface area contributed by atoms with Gasteiger partial charge in [0.1, 0.15) is 5.82 Å². The first-order chi connectivity index (χ1) is 15.5. The summed E-state index contributed by atoms with van der Waals surface area (Å²) in [4.78, 5) is 18.6. The average molecular weight is 440 g/mol. The Labute approximate surface area is 190 Å². The number of piperidine rings is 1. The smallest absolute Gasteiger partial charge is 0.222 e. The lowest BCUT2D eigenvalue weighted by atomic mass is 9.98. The number of rotatable bonds is 9. The number of halogens is 1. The van der Waals surface area contributed by atoms with Crippen LogP contribution in [0.15, 0.2) is 53.5 Å². The van der Waals surface area contributed by atoms with Gasteiger partial charge in [-0.15, -0.1) is 0 Å². The van der Waals surface area contributed by atoms with Crippen molar-refractivity contribution in [2.75, 3.05) is 26.7 Å². The molecule has 1 heterocycles. The van der Waals surface area contributed by atoms with Crippen LogP contribution in [0, 0.1) is 11.7 Å². The second kappa shape index (κ2) is 12.2. The molecule has 1 fully saturated rings. The highest BCUT2D eigenvalue weighted by Gasteiger charge is 2.17. The summed E-state index contributed by atoms with van der Waals surface area (Å²) in [5.41, 5.74) is 8.93. The van der Waals surface area contributed by atoms with E-state index in [0.29, 0.717) is 25.5 Å². The maximum atomic E-state index is 13.1. The van der Waals surface area contributed by atoms with Gasteiger partial charge in [-0.1, -0.05) is 42.8 Å². The third-order valence-corrected chi connectivity index (χ3v) is 5.88. The van der Waals surface area contributed by atoms with Gasteiger partial charge in [-0.25, -0.2) is 4.39 Å². The van der Waals surface area contributed by atoms with Gasteiger partial charge < -0.3 is 16.4 Å². The predicted octanol–water partition coefficient (Wildman–Crippen LogP) is 2.82. The van der Waals surface area contributed by atoms with E-state index in [1.54, 1.807) is 19.2 Å². The van der Waals surface area contributed by atoms with Gasteiger partial charge in [0.05, 0.1) is 5.92 Å². The summed E-state index contributed by atoms with van der Waals surface area (Å²) >= 11 is 0. The van der Waals surface area contributed by atoms with Gasteiger partial charge in [0, 0.05) is 26.7 Å². The molecule has 1 aliphatic heterocycles. The molecule has 0 radical (unpaired) electrons. The van der Waals surface area contributed by atoms with Crippen LogP contribution >= 0.6 is 0 Å². The molecule has 1 atom stereocenters. The molecule has 6 nitrogen and oxygen atoms in total. The van der Waals surface area contributed by atoms with Crippen LogP contribution in [0.1, 0.15) is 36.0 Å². The lowest BCUT2D eigenvalue weighted by molar-refractivity contribution is -0.121. The molecule has 2 aromatic rings. The minimum atomic E-state index is -0.423. The molecule has 0 spiro atoms. The van der Waals surface area contributed by atoms with E-state index in [1.807, 2.05) is 0 Å². The van der Waals surface area contributed by atoms with E-state index in [1.165, 1.54) is 50.0 Å². The Morgan fingerprint density at radius 1 is 1.00 bits per heavy atom. The number of nitrogens with two attached hydrogens (primary N) is 1. The largest absolute Gasteiger partial charge is 0.369 e. The molecular weight excluding hydrogens is 405 g/mol. The van der Waals surface area contributed by atoms with Gasteiger partial charge in [-0.2, -0.15) is 0 Å². The van der Waals surface area contributed by atoms with Crippen LogP contribution in [0.2, 0.25) is 0 Å². The number of nitrogens with one attached hydrogen (secondary N) is 2. The Balaban J connectivity index is 1.46. The molecule has 0 bridgehead atoms. The molecule has 0 aliphatic carbocycles. The van der Waals surface area contributed by atoms with Crippen molar-refractivity contribution in [2.24, 2.45) is 16.6 Å². The van der Waals surface area contributed by atoms with Gasteiger partial charge in [-0.05, 0) is 61.2 Å². The minimum absolute atomic E-state index is 0.299. The summed E-state index contributed by atoms with van der Waals surface area (Å²) in [5.74, 6) is -0.519. The molecular formula is C25H34FN5O. The first kappa shape index (κ1) is 23.7. The molecule has 7 heteroatoms. The number of guanidine groups is 1. The Morgan fingerprint density at radius 3 is 2.25 bits per heavy atom. The zero-order valence-electron chi connectivity index (χ0n) is 18.8. The monoisotopic (exact) mass is 439 g/mol. The fraction of sp³-hybridized carbons (Fsp3) is 0.440. The van der Waals surface area contributed by atoms with Crippen LogP contribution in [0.5, 0.6) is 0 Å². The number of likely N-dealkylation sites (tertiary alicyclic amines) is 1. The quantitative estimate of drug-likeness (QED) is 0.415. The number of carbonyl (C=O) groups excluding carboxylic acids is 1. The number of carbonyl (C=O) groups is 1. The number of hydrogen-bond donors (Lipinski definition) is 3. The molecule has 32 heavy (non-hydrogen) atoms. The van der Waals surface area contributed by atoms with Crippen LogP contribution in [-0.4, -0.2) is 43.4 Å². The number of aliphatic imine (C=N–C) groups is 1. The number of nitrogens with zero attached hydrogens (tertiary/aromatic N) is 2. The van der Waals surface area contributed by atoms with E-state index in [2.05, 4.69) is 44.8 Å². The molecule has 172 valence electrons. The lowest BCUT2D eigenvalue weighted by Gasteiger charge is -2.26. The van der Waals surface area contributed by atoms with E-state index >= 15 is 0 Å². The molecule has 2 aromatic carbocycles. The van der Waals surface area contributed by atoms with E-state index in [4.69, 9.17) is 5.73 Å². The van der Waals surface area contributed by atoms with Crippen molar-refractivity contribution in [3.63, 3.8) is 0 Å². The first-order valence-electron chi connectivity index (χ1n) is 11.3. The number of hydrogen-bond acceptors (Lipinski definition) is 3. The second-order valence-electron chi connectivity index (χ2n) is 8.39. The van der Waals surface area contributed by atoms with E-state index < -0.39 is 11.8 Å². The Morgan fingerprint density at radius 2 is 1.62 bits per heavy atom. The fourth-order valence-corrected chi connectivity index (χ4v) is 3.94. The highest BCUT2D eigenvalue weighted by molar-refractivity contribution is 5.81. The third-order valence-electron chi connectivity index (χ3n) is 5.88. The van der Waals surface area contributed by atoms with Gasteiger partial charge in [0.2, 0.25) is 5.91 Å². The van der Waals surface area contributed by atoms with Crippen LogP contribution in [0.4, 0.5) is 4.39 Å². The van der Waals surface area contributed by atoms with Gasteiger partial charge in [0.15, 0.2) is 5.96 Å². The van der Waals surface area contributed by atoms with Crippen molar-refractivity contribution < 1.29 is 9.18 Å². The maximum absolute atomic E-state index is 13.1. The SMILES string of the molecule is CN=C(NCc1ccc(CN2CCCCC2)cc1)NCC(Cc1ccc(F)cc1)C(N)=O. The summed E-state index contributed by atoms with van der Waals surface area (Å²) in [6, 6.07) is 14.8. The Bertz CT molecular complexity index is 876. The topological polar surface area (TPSA) is 82.8 Å². The molecule has 1 unspecified atom stereocenters. The molecule has 4 N–H and O–H groups in total. The zero-order chi connectivity index (χ0) is 22.8. The highest BCUT2D eigenvalue weighted by atomic mass is 19.1. The first-order valence-corrected chi connectivity index (χ1v) is 11.3. The molecule has 0 aromatic heterocycles. The number of benzene rings is 2. The zero-order valence-corrected chi connectivity index (χ0v) is 18.8. The van der Waals surface area contributed by atoms with E-state index in [0.717, 1.165) is 17.7 Å². The summed E-state index contributed by atoms with van der Waals surface area (Å²) in [6.45, 7) is 4.38. The molecule has 1 amide bonds. The van der Waals surface area contributed by atoms with E-state index in [-0.39, 0.29) is 5.82 Å². The minimum Gasteiger partial charge on any atom is -0.369 e. The summed E-state index contributed by atoms with van der Waals surface area (Å²) < 4.78 is 13.1. The standard InChI is InChI=1S/C25H34FN5O/c1-28-25(30-17-22(24(27)32)15-19-9-11-23(26)12-10-19)29-16-20-5-7-21(8-6-20)18-31-13-3-2-4-14-31/h5-12,22H,2-4,13-18H2,1H3,(H2,27,32)(H2,28,29,30). The summed E-state index contributed by atoms with van der Waals surface area (Å²) in [5, 5.41) is 6.45. The number of amides is 1.